The number of hydrogen-bond donors (Lipinski definition) is 1. The minimum atomic E-state index is 0.0833. The van der Waals surface area contributed by atoms with Crippen LogP contribution in [0.2, 0.25) is 0 Å². The summed E-state index contributed by atoms with van der Waals surface area (Å²) < 4.78 is 0.132. The molecule has 1 N–H and O–H groups in total. The molecule has 0 radical (unpaired) electrons. The molecule has 1 atom stereocenters. The molecule has 0 aromatic carbocycles. The van der Waals surface area contributed by atoms with Gasteiger partial charge in [-0.3, -0.25) is 4.99 Å². The largest absolute Gasteiger partial charge is 0.393 e. The topological polar surface area (TPSA) is 32.6 Å². The Labute approximate surface area is 59.4 Å². The van der Waals surface area contributed by atoms with E-state index in [0.29, 0.717) is 0 Å². The summed E-state index contributed by atoms with van der Waals surface area (Å²) in [5.74, 6) is 0. The number of thioether (sulfide) groups is 1. The molecular weight excluding hydrogens is 134 g/mol. The van der Waals surface area contributed by atoms with Crippen LogP contribution in [0.25, 0.3) is 0 Å². The summed E-state index contributed by atoms with van der Waals surface area (Å²) in [6.07, 6.45) is 1.90. The molecule has 52 valence electrons. The van der Waals surface area contributed by atoms with Crippen LogP contribution in [0.1, 0.15) is 13.8 Å². The van der Waals surface area contributed by atoms with Crippen LogP contribution in [0.5, 0.6) is 0 Å². The van der Waals surface area contributed by atoms with Crippen molar-refractivity contribution in [2.45, 2.75) is 24.0 Å². The van der Waals surface area contributed by atoms with Gasteiger partial charge in [-0.1, -0.05) is 0 Å². The molecule has 0 aromatic rings. The summed E-state index contributed by atoms with van der Waals surface area (Å²) in [5, 5.41) is 8.75. The van der Waals surface area contributed by atoms with Gasteiger partial charge >= 0.3 is 0 Å². The summed E-state index contributed by atoms with van der Waals surface area (Å²) in [7, 11) is 0. The van der Waals surface area contributed by atoms with E-state index < -0.39 is 0 Å². The third-order valence-electron chi connectivity index (χ3n) is 1.15. The Morgan fingerprint density at radius 1 is 1.78 bits per heavy atom. The first-order chi connectivity index (χ1) is 4.14. The van der Waals surface area contributed by atoms with Gasteiger partial charge in [0.15, 0.2) is 0 Å². The first-order valence-corrected chi connectivity index (χ1v) is 3.85. The van der Waals surface area contributed by atoms with Gasteiger partial charge in [0.2, 0.25) is 0 Å². The zero-order valence-corrected chi connectivity index (χ0v) is 6.48. The highest BCUT2D eigenvalue weighted by Crippen LogP contribution is 2.32. The molecule has 3 heteroatoms. The molecule has 1 rings (SSSR count). The molecule has 2 nitrogen and oxygen atoms in total. The van der Waals surface area contributed by atoms with Gasteiger partial charge < -0.3 is 5.11 Å². The fraction of sp³-hybridized carbons (Fsp3) is 0.833. The number of aliphatic hydroxyl groups excluding tert-OH is 1. The normalized spacial score (nSPS) is 31.2. The molecule has 1 heterocycles. The SMILES string of the molecule is CC1(C)C=NC(CO)S1. The van der Waals surface area contributed by atoms with Crippen molar-refractivity contribution in [1.82, 2.24) is 0 Å². The first-order valence-electron chi connectivity index (χ1n) is 2.97. The van der Waals surface area contributed by atoms with E-state index in [1.54, 1.807) is 11.8 Å². The maximum Gasteiger partial charge on any atom is 0.119 e. The highest BCUT2D eigenvalue weighted by atomic mass is 32.2. The maximum atomic E-state index is 8.66. The van der Waals surface area contributed by atoms with Gasteiger partial charge in [-0.05, 0) is 13.8 Å². The van der Waals surface area contributed by atoms with E-state index in [2.05, 4.69) is 18.8 Å². The van der Waals surface area contributed by atoms with Crippen LogP contribution in [0, 0.1) is 0 Å². The lowest BCUT2D eigenvalue weighted by atomic mass is 10.2. The molecule has 0 saturated carbocycles. The Bertz CT molecular complexity index is 133. The zero-order valence-electron chi connectivity index (χ0n) is 5.66. The summed E-state index contributed by atoms with van der Waals surface area (Å²) in [5.41, 5.74) is 0. The van der Waals surface area contributed by atoms with E-state index in [0.717, 1.165) is 0 Å². The lowest BCUT2D eigenvalue weighted by Crippen LogP contribution is -2.13. The van der Waals surface area contributed by atoms with E-state index in [1.165, 1.54) is 0 Å². The molecule has 0 amide bonds. The highest BCUT2D eigenvalue weighted by Gasteiger charge is 2.26. The van der Waals surface area contributed by atoms with E-state index >= 15 is 0 Å². The molecule has 1 aliphatic rings. The van der Waals surface area contributed by atoms with Crippen LogP contribution in [-0.2, 0) is 0 Å². The third kappa shape index (κ3) is 1.69. The average Bonchev–Trinajstić information content (AvgIpc) is 2.10. The minimum absolute atomic E-state index is 0.0833. The van der Waals surface area contributed by atoms with Gasteiger partial charge in [-0.25, -0.2) is 0 Å². The lowest BCUT2D eigenvalue weighted by Gasteiger charge is -2.12. The van der Waals surface area contributed by atoms with Crippen LogP contribution in [-0.4, -0.2) is 28.0 Å². The predicted molar refractivity (Wildman–Crippen MR) is 41.0 cm³/mol. The zero-order chi connectivity index (χ0) is 6.91. The molecular formula is C6H11NOS. The Balaban J connectivity index is 2.50. The second-order valence-corrected chi connectivity index (χ2v) is 4.47. The van der Waals surface area contributed by atoms with E-state index in [-0.39, 0.29) is 16.7 Å². The van der Waals surface area contributed by atoms with Gasteiger partial charge in [0, 0.05) is 11.0 Å². The van der Waals surface area contributed by atoms with Crippen molar-refractivity contribution < 1.29 is 5.11 Å². The van der Waals surface area contributed by atoms with Crippen LogP contribution in [0.4, 0.5) is 0 Å². The van der Waals surface area contributed by atoms with E-state index in [4.69, 9.17) is 5.11 Å². The molecule has 0 saturated heterocycles. The lowest BCUT2D eigenvalue weighted by molar-refractivity contribution is 0.298. The second-order valence-electron chi connectivity index (χ2n) is 2.64. The molecule has 0 bridgehead atoms. The first kappa shape index (κ1) is 7.09. The van der Waals surface area contributed by atoms with Crippen molar-refractivity contribution in [3.05, 3.63) is 0 Å². The maximum absolute atomic E-state index is 8.66. The smallest absolute Gasteiger partial charge is 0.119 e. The predicted octanol–water partition coefficient (Wildman–Crippen LogP) is 0.901. The highest BCUT2D eigenvalue weighted by molar-refractivity contribution is 8.02. The van der Waals surface area contributed by atoms with Crippen molar-refractivity contribution in [2.75, 3.05) is 6.61 Å². The van der Waals surface area contributed by atoms with Crippen LogP contribution in [0.3, 0.4) is 0 Å². The van der Waals surface area contributed by atoms with Crippen molar-refractivity contribution in [2.24, 2.45) is 4.99 Å². The van der Waals surface area contributed by atoms with Crippen molar-refractivity contribution >= 4 is 18.0 Å². The fourth-order valence-electron chi connectivity index (χ4n) is 0.759. The molecule has 0 fully saturated rings. The number of aliphatic imine (C=N–C) groups is 1. The summed E-state index contributed by atoms with van der Waals surface area (Å²) in [6.45, 7) is 4.35. The molecule has 0 aliphatic carbocycles. The van der Waals surface area contributed by atoms with E-state index in [9.17, 15) is 0 Å². The molecule has 9 heavy (non-hydrogen) atoms. The Morgan fingerprint density at radius 3 is 2.67 bits per heavy atom. The van der Waals surface area contributed by atoms with Crippen LogP contribution >= 0.6 is 11.8 Å². The number of hydrogen-bond acceptors (Lipinski definition) is 3. The third-order valence-corrected chi connectivity index (χ3v) is 2.40. The molecule has 1 unspecified atom stereocenters. The molecule has 0 spiro atoms. The van der Waals surface area contributed by atoms with E-state index in [1.807, 2.05) is 6.21 Å². The molecule has 1 aliphatic heterocycles. The summed E-state index contributed by atoms with van der Waals surface area (Å²) in [4.78, 5) is 4.09. The minimum Gasteiger partial charge on any atom is -0.393 e. The fourth-order valence-corrected chi connectivity index (χ4v) is 1.78. The van der Waals surface area contributed by atoms with Crippen molar-refractivity contribution in [1.29, 1.82) is 0 Å². The van der Waals surface area contributed by atoms with Gasteiger partial charge in [0.1, 0.15) is 5.37 Å². The van der Waals surface area contributed by atoms with Gasteiger partial charge in [0.25, 0.3) is 0 Å². The van der Waals surface area contributed by atoms with Crippen LogP contribution < -0.4 is 0 Å². The quantitative estimate of drug-likeness (QED) is 0.594. The number of aliphatic hydroxyl groups is 1. The summed E-state index contributed by atoms with van der Waals surface area (Å²) >= 11 is 1.70. The van der Waals surface area contributed by atoms with Gasteiger partial charge in [-0.15, -0.1) is 11.8 Å². The van der Waals surface area contributed by atoms with Gasteiger partial charge in [-0.2, -0.15) is 0 Å². The monoisotopic (exact) mass is 145 g/mol. The summed E-state index contributed by atoms with van der Waals surface area (Å²) in [6, 6.07) is 0. The number of rotatable bonds is 1. The second kappa shape index (κ2) is 2.31. The Kier molecular flexibility index (Phi) is 1.82. The Morgan fingerprint density at radius 2 is 2.44 bits per heavy atom. The standard InChI is InChI=1S/C6H11NOS/c1-6(2)4-7-5(3-8)9-6/h4-5,8H,3H2,1-2H3. The molecule has 0 aromatic heterocycles. The van der Waals surface area contributed by atoms with Crippen LogP contribution in [0.15, 0.2) is 4.99 Å². The number of nitrogens with zero attached hydrogens (tertiary/aromatic N) is 1. The van der Waals surface area contributed by atoms with Crippen molar-refractivity contribution in [3.8, 4) is 0 Å². The van der Waals surface area contributed by atoms with Crippen molar-refractivity contribution in [3.63, 3.8) is 0 Å². The average molecular weight is 145 g/mol. The Hall–Kier alpha value is -0.0200. The van der Waals surface area contributed by atoms with Gasteiger partial charge in [0.05, 0.1) is 6.61 Å².